The monoisotopic (exact) mass is 313 g/mol. The number of rotatable bonds is 7. The lowest BCUT2D eigenvalue weighted by Gasteiger charge is -2.08. The van der Waals surface area contributed by atoms with E-state index in [0.717, 1.165) is 23.9 Å². The van der Waals surface area contributed by atoms with E-state index in [1.54, 1.807) is 6.07 Å². The van der Waals surface area contributed by atoms with E-state index in [1.807, 2.05) is 32.0 Å². The Balaban J connectivity index is 2.20. The maximum absolute atomic E-state index is 11.8. The van der Waals surface area contributed by atoms with Crippen molar-refractivity contribution in [2.45, 2.75) is 32.8 Å². The van der Waals surface area contributed by atoms with Crippen molar-refractivity contribution in [1.29, 1.82) is 0 Å². The highest BCUT2D eigenvalue weighted by Gasteiger charge is 2.07. The van der Waals surface area contributed by atoms with Crippen LogP contribution in [0.4, 0.5) is 0 Å². The maximum atomic E-state index is 11.8. The summed E-state index contributed by atoms with van der Waals surface area (Å²) in [7, 11) is 0. The topological polar surface area (TPSA) is 38.3 Å². The summed E-state index contributed by atoms with van der Waals surface area (Å²) in [5.41, 5.74) is 0.677. The van der Waals surface area contributed by atoms with Gasteiger partial charge >= 0.3 is 0 Å². The van der Waals surface area contributed by atoms with Gasteiger partial charge in [0.25, 0.3) is 5.91 Å². The molecule has 1 N–H and O–H groups in total. The summed E-state index contributed by atoms with van der Waals surface area (Å²) in [4.78, 5) is 11.8. The number of nitrogens with one attached hydrogen (secondary N) is 1. The zero-order chi connectivity index (χ0) is 13.4. The van der Waals surface area contributed by atoms with E-state index in [4.69, 9.17) is 4.74 Å². The number of ether oxygens (including phenoxy) is 1. The van der Waals surface area contributed by atoms with Gasteiger partial charge in [-0.2, -0.15) is 0 Å². The lowest BCUT2D eigenvalue weighted by Crippen LogP contribution is -2.25. The van der Waals surface area contributed by atoms with E-state index in [2.05, 4.69) is 21.2 Å². The van der Waals surface area contributed by atoms with Gasteiger partial charge in [-0.15, -0.1) is 0 Å². The first-order valence-electron chi connectivity index (χ1n) is 6.25. The molecule has 1 aromatic rings. The van der Waals surface area contributed by atoms with E-state index in [-0.39, 0.29) is 12.0 Å². The van der Waals surface area contributed by atoms with Gasteiger partial charge in [-0.25, -0.2) is 0 Å². The summed E-state index contributed by atoms with van der Waals surface area (Å²) in [5, 5.41) is 2.90. The molecule has 0 saturated heterocycles. The second-order valence-corrected chi connectivity index (χ2v) is 5.22. The van der Waals surface area contributed by atoms with Crippen molar-refractivity contribution in [3.63, 3.8) is 0 Å². The molecule has 1 amide bonds. The first kappa shape index (κ1) is 15.2. The van der Waals surface area contributed by atoms with Crippen LogP contribution in [-0.2, 0) is 4.74 Å². The van der Waals surface area contributed by atoms with Gasteiger partial charge in [0.15, 0.2) is 0 Å². The standard InChI is InChI=1S/C14H20BrNO2/c1-11(2)18-10-6-5-9-16-14(17)12-7-3-4-8-13(12)15/h3-4,7-8,11H,5-6,9-10H2,1-2H3,(H,16,17). The molecular formula is C14H20BrNO2. The lowest BCUT2D eigenvalue weighted by atomic mass is 10.2. The van der Waals surface area contributed by atoms with E-state index in [0.29, 0.717) is 12.1 Å². The summed E-state index contributed by atoms with van der Waals surface area (Å²) >= 11 is 3.37. The molecule has 18 heavy (non-hydrogen) atoms. The summed E-state index contributed by atoms with van der Waals surface area (Å²) < 4.78 is 6.26. The van der Waals surface area contributed by atoms with Crippen molar-refractivity contribution in [3.05, 3.63) is 34.3 Å². The summed E-state index contributed by atoms with van der Waals surface area (Å²) in [5.74, 6) is -0.0350. The molecule has 0 aromatic heterocycles. The van der Waals surface area contributed by atoms with Crippen molar-refractivity contribution >= 4 is 21.8 Å². The fourth-order valence-electron chi connectivity index (χ4n) is 1.49. The molecule has 0 spiro atoms. The van der Waals surface area contributed by atoms with Crippen LogP contribution in [0.5, 0.6) is 0 Å². The van der Waals surface area contributed by atoms with Gasteiger partial charge in [-0.3, -0.25) is 4.79 Å². The second-order valence-electron chi connectivity index (χ2n) is 4.36. The highest BCUT2D eigenvalue weighted by Crippen LogP contribution is 2.15. The Morgan fingerprint density at radius 1 is 1.33 bits per heavy atom. The van der Waals surface area contributed by atoms with Crippen molar-refractivity contribution in [1.82, 2.24) is 5.32 Å². The maximum Gasteiger partial charge on any atom is 0.252 e. The number of carbonyl (C=O) groups is 1. The second kappa shape index (κ2) is 8.27. The number of carbonyl (C=O) groups excluding carboxylic acids is 1. The molecular weight excluding hydrogens is 294 g/mol. The Morgan fingerprint density at radius 2 is 2.06 bits per heavy atom. The van der Waals surface area contributed by atoms with Crippen LogP contribution in [-0.4, -0.2) is 25.2 Å². The SMILES string of the molecule is CC(C)OCCCCNC(=O)c1ccccc1Br. The highest BCUT2D eigenvalue weighted by atomic mass is 79.9. The minimum Gasteiger partial charge on any atom is -0.379 e. The van der Waals surface area contributed by atoms with Crippen LogP contribution in [0.15, 0.2) is 28.7 Å². The third-order valence-corrected chi connectivity index (χ3v) is 3.12. The van der Waals surface area contributed by atoms with Gasteiger partial charge in [-0.1, -0.05) is 12.1 Å². The third-order valence-electron chi connectivity index (χ3n) is 2.43. The average Bonchev–Trinajstić information content (AvgIpc) is 2.33. The molecule has 4 heteroatoms. The molecule has 0 unspecified atom stereocenters. The van der Waals surface area contributed by atoms with Gasteiger partial charge in [0.05, 0.1) is 11.7 Å². The van der Waals surface area contributed by atoms with Crippen LogP contribution < -0.4 is 5.32 Å². The zero-order valence-corrected chi connectivity index (χ0v) is 12.5. The molecule has 0 radical (unpaired) electrons. The molecule has 0 aliphatic heterocycles. The third kappa shape index (κ3) is 5.65. The van der Waals surface area contributed by atoms with Gasteiger partial charge < -0.3 is 10.1 Å². The Labute approximate surface area is 117 Å². The number of benzene rings is 1. The van der Waals surface area contributed by atoms with Crippen LogP contribution in [0.3, 0.4) is 0 Å². The minimum atomic E-state index is -0.0350. The number of halogens is 1. The summed E-state index contributed by atoms with van der Waals surface area (Å²) in [6, 6.07) is 7.42. The van der Waals surface area contributed by atoms with Crippen LogP contribution in [0.25, 0.3) is 0 Å². The molecule has 0 bridgehead atoms. The summed E-state index contributed by atoms with van der Waals surface area (Å²) in [6.07, 6.45) is 2.18. The van der Waals surface area contributed by atoms with Crippen molar-refractivity contribution < 1.29 is 9.53 Å². The Morgan fingerprint density at radius 3 is 2.72 bits per heavy atom. The van der Waals surface area contributed by atoms with E-state index in [9.17, 15) is 4.79 Å². The van der Waals surface area contributed by atoms with E-state index in [1.165, 1.54) is 0 Å². The van der Waals surface area contributed by atoms with Crippen LogP contribution in [0, 0.1) is 0 Å². The molecule has 0 saturated carbocycles. The number of unbranched alkanes of at least 4 members (excludes halogenated alkanes) is 1. The lowest BCUT2D eigenvalue weighted by molar-refractivity contribution is 0.0754. The highest BCUT2D eigenvalue weighted by molar-refractivity contribution is 9.10. The molecule has 1 rings (SSSR count). The minimum absolute atomic E-state index is 0.0350. The normalized spacial score (nSPS) is 10.7. The molecule has 0 aliphatic carbocycles. The fourth-order valence-corrected chi connectivity index (χ4v) is 1.95. The van der Waals surface area contributed by atoms with Gasteiger partial charge in [0.2, 0.25) is 0 Å². The predicted molar refractivity (Wildman–Crippen MR) is 76.8 cm³/mol. The molecule has 0 atom stereocenters. The number of hydrogen-bond donors (Lipinski definition) is 1. The quantitative estimate of drug-likeness (QED) is 0.784. The van der Waals surface area contributed by atoms with E-state index < -0.39 is 0 Å². The average molecular weight is 314 g/mol. The van der Waals surface area contributed by atoms with Crippen molar-refractivity contribution in [3.8, 4) is 0 Å². The number of amides is 1. The molecule has 100 valence electrons. The van der Waals surface area contributed by atoms with Crippen LogP contribution >= 0.6 is 15.9 Å². The van der Waals surface area contributed by atoms with Crippen molar-refractivity contribution in [2.75, 3.05) is 13.2 Å². The van der Waals surface area contributed by atoms with Crippen molar-refractivity contribution in [2.24, 2.45) is 0 Å². The fraction of sp³-hybridized carbons (Fsp3) is 0.500. The van der Waals surface area contributed by atoms with Gasteiger partial charge in [0.1, 0.15) is 0 Å². The first-order valence-corrected chi connectivity index (χ1v) is 7.05. The largest absolute Gasteiger partial charge is 0.379 e. The molecule has 0 aliphatic rings. The summed E-state index contributed by atoms with van der Waals surface area (Å²) in [6.45, 7) is 5.48. The molecule has 0 heterocycles. The Hall–Kier alpha value is -0.870. The molecule has 0 fully saturated rings. The molecule has 1 aromatic carbocycles. The van der Waals surface area contributed by atoms with Crippen LogP contribution in [0.2, 0.25) is 0 Å². The van der Waals surface area contributed by atoms with Gasteiger partial charge in [-0.05, 0) is 54.8 Å². The smallest absolute Gasteiger partial charge is 0.252 e. The van der Waals surface area contributed by atoms with E-state index >= 15 is 0 Å². The Kier molecular flexibility index (Phi) is 6.98. The van der Waals surface area contributed by atoms with Gasteiger partial charge in [0, 0.05) is 17.6 Å². The predicted octanol–water partition coefficient (Wildman–Crippen LogP) is 3.38. The first-order chi connectivity index (χ1) is 8.61. The molecule has 3 nitrogen and oxygen atoms in total. The Bertz CT molecular complexity index is 380. The number of hydrogen-bond acceptors (Lipinski definition) is 2. The van der Waals surface area contributed by atoms with Crippen LogP contribution in [0.1, 0.15) is 37.0 Å². The zero-order valence-electron chi connectivity index (χ0n) is 10.9.